The van der Waals surface area contributed by atoms with Crippen molar-refractivity contribution >= 4 is 0 Å². The van der Waals surface area contributed by atoms with E-state index in [4.69, 9.17) is 5.73 Å². The van der Waals surface area contributed by atoms with E-state index in [1.165, 1.54) is 37.7 Å². The number of nitrogens with zero attached hydrogens (tertiary/aromatic N) is 2. The second-order valence-corrected chi connectivity index (χ2v) is 6.28. The highest BCUT2D eigenvalue weighted by Gasteiger charge is 2.27. The molecule has 0 aliphatic heterocycles. The van der Waals surface area contributed by atoms with Crippen LogP contribution in [0, 0.1) is 11.8 Å². The highest BCUT2D eigenvalue weighted by molar-refractivity contribution is 5.31. The van der Waals surface area contributed by atoms with Gasteiger partial charge in [0, 0.05) is 17.8 Å². The molecular weight excluding hydrogens is 258 g/mol. The molecule has 1 heterocycles. The van der Waals surface area contributed by atoms with Crippen LogP contribution in [0.4, 0.5) is 0 Å². The van der Waals surface area contributed by atoms with E-state index in [-0.39, 0.29) is 6.04 Å². The van der Waals surface area contributed by atoms with Gasteiger partial charge in [-0.15, -0.1) is 0 Å². The molecular formula is C18H25N3. The molecule has 0 bridgehead atoms. The first-order valence-electron chi connectivity index (χ1n) is 8.13. The predicted octanol–water partition coefficient (Wildman–Crippen LogP) is 4.09. The van der Waals surface area contributed by atoms with Crippen molar-refractivity contribution < 1.29 is 0 Å². The molecule has 3 rings (SSSR count). The standard InChI is InChI=1S/C18H25N3/c1-2-14-7-6-8-15(11-14)18(19)16-12-20-21(13-16)17-9-4-3-5-10-17/h3-5,9-10,12-15,18H,2,6-8,11,19H2,1H3. The summed E-state index contributed by atoms with van der Waals surface area (Å²) in [4.78, 5) is 0. The summed E-state index contributed by atoms with van der Waals surface area (Å²) < 4.78 is 1.93. The molecule has 3 heteroatoms. The first-order chi connectivity index (χ1) is 10.3. The summed E-state index contributed by atoms with van der Waals surface area (Å²) in [5.74, 6) is 1.47. The molecule has 1 aliphatic rings. The van der Waals surface area contributed by atoms with Gasteiger partial charge in [-0.05, 0) is 36.8 Å². The Morgan fingerprint density at radius 3 is 2.86 bits per heavy atom. The number of benzene rings is 1. The Labute approximate surface area is 127 Å². The third-order valence-electron chi connectivity index (χ3n) is 4.92. The molecule has 1 aromatic heterocycles. The van der Waals surface area contributed by atoms with E-state index >= 15 is 0 Å². The molecule has 2 aromatic rings. The van der Waals surface area contributed by atoms with Crippen LogP contribution in [0.3, 0.4) is 0 Å². The van der Waals surface area contributed by atoms with Gasteiger partial charge in [0.05, 0.1) is 11.9 Å². The van der Waals surface area contributed by atoms with E-state index in [2.05, 4.69) is 30.4 Å². The Kier molecular flexibility index (Phi) is 4.39. The molecule has 3 atom stereocenters. The van der Waals surface area contributed by atoms with Crippen LogP contribution in [0.15, 0.2) is 42.7 Å². The average molecular weight is 283 g/mol. The summed E-state index contributed by atoms with van der Waals surface area (Å²) >= 11 is 0. The molecule has 21 heavy (non-hydrogen) atoms. The van der Waals surface area contributed by atoms with Crippen molar-refractivity contribution in [3.05, 3.63) is 48.3 Å². The molecule has 1 fully saturated rings. The molecule has 0 spiro atoms. The lowest BCUT2D eigenvalue weighted by atomic mass is 9.76. The Balaban J connectivity index is 1.73. The SMILES string of the molecule is CCC1CCCC(C(N)c2cnn(-c3ccccc3)c2)C1. The van der Waals surface area contributed by atoms with Gasteiger partial charge < -0.3 is 5.73 Å². The summed E-state index contributed by atoms with van der Waals surface area (Å²) in [6.07, 6.45) is 10.5. The Morgan fingerprint density at radius 2 is 2.10 bits per heavy atom. The number of nitrogens with two attached hydrogens (primary N) is 1. The van der Waals surface area contributed by atoms with Crippen molar-refractivity contribution in [1.29, 1.82) is 0 Å². The molecule has 0 amide bonds. The molecule has 112 valence electrons. The zero-order valence-electron chi connectivity index (χ0n) is 12.8. The minimum absolute atomic E-state index is 0.122. The quantitative estimate of drug-likeness (QED) is 0.918. The molecule has 3 nitrogen and oxygen atoms in total. The topological polar surface area (TPSA) is 43.8 Å². The molecule has 1 aromatic carbocycles. The van der Waals surface area contributed by atoms with Gasteiger partial charge in [0.1, 0.15) is 0 Å². The van der Waals surface area contributed by atoms with Crippen molar-refractivity contribution in [2.24, 2.45) is 17.6 Å². The summed E-state index contributed by atoms with van der Waals surface area (Å²) in [6, 6.07) is 10.3. The van der Waals surface area contributed by atoms with Gasteiger partial charge in [0.2, 0.25) is 0 Å². The summed E-state index contributed by atoms with van der Waals surface area (Å²) in [5, 5.41) is 4.48. The summed E-state index contributed by atoms with van der Waals surface area (Å²) in [7, 11) is 0. The first-order valence-corrected chi connectivity index (χ1v) is 8.13. The fraction of sp³-hybridized carbons (Fsp3) is 0.500. The summed E-state index contributed by atoms with van der Waals surface area (Å²) in [5.41, 5.74) is 8.78. The maximum Gasteiger partial charge on any atom is 0.0645 e. The fourth-order valence-electron chi connectivity index (χ4n) is 3.53. The van der Waals surface area contributed by atoms with Crippen LogP contribution < -0.4 is 5.73 Å². The zero-order valence-corrected chi connectivity index (χ0v) is 12.8. The van der Waals surface area contributed by atoms with Crippen LogP contribution in [-0.4, -0.2) is 9.78 Å². The van der Waals surface area contributed by atoms with Gasteiger partial charge >= 0.3 is 0 Å². The van der Waals surface area contributed by atoms with Crippen molar-refractivity contribution in [2.75, 3.05) is 0 Å². The predicted molar refractivity (Wildman–Crippen MR) is 86.2 cm³/mol. The van der Waals surface area contributed by atoms with Gasteiger partial charge in [-0.1, -0.05) is 44.4 Å². The van der Waals surface area contributed by atoms with E-state index in [0.29, 0.717) is 5.92 Å². The molecule has 1 aliphatic carbocycles. The first kappa shape index (κ1) is 14.3. The monoisotopic (exact) mass is 283 g/mol. The van der Waals surface area contributed by atoms with Crippen LogP contribution in [-0.2, 0) is 0 Å². The van der Waals surface area contributed by atoms with Crippen LogP contribution >= 0.6 is 0 Å². The van der Waals surface area contributed by atoms with Crippen LogP contribution in [0.25, 0.3) is 5.69 Å². The van der Waals surface area contributed by atoms with Gasteiger partial charge in [-0.25, -0.2) is 4.68 Å². The highest BCUT2D eigenvalue weighted by atomic mass is 15.3. The van der Waals surface area contributed by atoms with Gasteiger partial charge in [0.25, 0.3) is 0 Å². The number of hydrogen-bond acceptors (Lipinski definition) is 2. The van der Waals surface area contributed by atoms with Crippen LogP contribution in [0.5, 0.6) is 0 Å². The van der Waals surface area contributed by atoms with Crippen molar-refractivity contribution in [1.82, 2.24) is 9.78 Å². The smallest absolute Gasteiger partial charge is 0.0645 e. The lowest BCUT2D eigenvalue weighted by Crippen LogP contribution is -2.26. The molecule has 2 N–H and O–H groups in total. The lowest BCUT2D eigenvalue weighted by molar-refractivity contribution is 0.230. The minimum atomic E-state index is 0.122. The van der Waals surface area contributed by atoms with E-state index in [0.717, 1.165) is 11.6 Å². The van der Waals surface area contributed by atoms with Crippen molar-refractivity contribution in [2.45, 2.75) is 45.1 Å². The number of hydrogen-bond donors (Lipinski definition) is 1. The lowest BCUT2D eigenvalue weighted by Gasteiger charge is -2.32. The Morgan fingerprint density at radius 1 is 1.29 bits per heavy atom. The number of para-hydroxylation sites is 1. The van der Waals surface area contributed by atoms with E-state index in [1.807, 2.05) is 29.1 Å². The normalized spacial score (nSPS) is 23.9. The van der Waals surface area contributed by atoms with E-state index < -0.39 is 0 Å². The molecule has 1 saturated carbocycles. The largest absolute Gasteiger partial charge is 0.324 e. The molecule has 0 radical (unpaired) electrons. The third-order valence-corrected chi connectivity index (χ3v) is 4.92. The molecule has 3 unspecified atom stereocenters. The van der Waals surface area contributed by atoms with Gasteiger partial charge in [0.15, 0.2) is 0 Å². The highest BCUT2D eigenvalue weighted by Crippen LogP contribution is 2.37. The number of rotatable bonds is 4. The van der Waals surface area contributed by atoms with E-state index in [9.17, 15) is 0 Å². The third kappa shape index (κ3) is 3.18. The second kappa shape index (κ2) is 6.44. The van der Waals surface area contributed by atoms with E-state index in [1.54, 1.807) is 0 Å². The zero-order chi connectivity index (χ0) is 14.7. The van der Waals surface area contributed by atoms with Crippen molar-refractivity contribution in [3.63, 3.8) is 0 Å². The Hall–Kier alpha value is -1.61. The summed E-state index contributed by atoms with van der Waals surface area (Å²) in [6.45, 7) is 2.30. The fourth-order valence-corrected chi connectivity index (χ4v) is 3.53. The van der Waals surface area contributed by atoms with Crippen molar-refractivity contribution in [3.8, 4) is 5.69 Å². The van der Waals surface area contributed by atoms with Gasteiger partial charge in [-0.3, -0.25) is 0 Å². The second-order valence-electron chi connectivity index (χ2n) is 6.28. The van der Waals surface area contributed by atoms with Crippen LogP contribution in [0.1, 0.15) is 50.6 Å². The maximum atomic E-state index is 6.52. The maximum absolute atomic E-state index is 6.52. The molecule has 0 saturated heterocycles. The average Bonchev–Trinajstić information content (AvgIpc) is 3.05. The Bertz CT molecular complexity index is 561. The minimum Gasteiger partial charge on any atom is -0.324 e. The van der Waals surface area contributed by atoms with Gasteiger partial charge in [-0.2, -0.15) is 5.10 Å². The number of aromatic nitrogens is 2. The van der Waals surface area contributed by atoms with Crippen LogP contribution in [0.2, 0.25) is 0 Å².